The number of rotatable bonds is 1. The number of benzene rings is 3. The maximum absolute atomic E-state index is 13.2. The Morgan fingerprint density at radius 1 is 0.808 bits per heavy atom. The van der Waals surface area contributed by atoms with E-state index < -0.39 is 0 Å². The first-order valence-corrected chi connectivity index (χ1v) is 8.81. The molecule has 0 radical (unpaired) electrons. The summed E-state index contributed by atoms with van der Waals surface area (Å²) in [6, 6.07) is 23.9. The Kier molecular flexibility index (Phi) is 3.21. The molecule has 126 valence electrons. The van der Waals surface area contributed by atoms with Crippen molar-refractivity contribution in [2.45, 2.75) is 0 Å². The van der Waals surface area contributed by atoms with E-state index in [4.69, 9.17) is 11.6 Å². The minimum absolute atomic E-state index is 0.0618. The Hall–Kier alpha value is -3.04. The lowest BCUT2D eigenvalue weighted by molar-refractivity contribution is 0.838. The minimum atomic E-state index is -0.0618. The van der Waals surface area contributed by atoms with Crippen LogP contribution in [0.5, 0.6) is 0 Å². The molecule has 0 bridgehead atoms. The van der Waals surface area contributed by atoms with Crippen LogP contribution < -0.4 is 5.69 Å². The van der Waals surface area contributed by atoms with Crippen LogP contribution in [0.3, 0.4) is 0 Å². The van der Waals surface area contributed by atoms with Gasteiger partial charge in [0, 0.05) is 28.4 Å². The average molecular weight is 359 g/mol. The van der Waals surface area contributed by atoms with Crippen LogP contribution in [0.2, 0.25) is 5.02 Å². The Bertz CT molecular complexity index is 1360. The van der Waals surface area contributed by atoms with Gasteiger partial charge in [-0.25, -0.2) is 4.79 Å². The molecular formula is C22H15ClN2O. The van der Waals surface area contributed by atoms with Crippen LogP contribution in [0.15, 0.2) is 77.6 Å². The monoisotopic (exact) mass is 358 g/mol. The zero-order chi connectivity index (χ0) is 17.8. The van der Waals surface area contributed by atoms with E-state index in [9.17, 15) is 4.79 Å². The molecule has 3 aromatic carbocycles. The molecule has 5 rings (SSSR count). The van der Waals surface area contributed by atoms with Gasteiger partial charge in [0.05, 0.1) is 16.6 Å². The van der Waals surface area contributed by atoms with Crippen molar-refractivity contribution < 1.29 is 0 Å². The molecule has 0 saturated carbocycles. The van der Waals surface area contributed by atoms with E-state index in [1.807, 2.05) is 61.6 Å². The van der Waals surface area contributed by atoms with Crippen LogP contribution in [0.4, 0.5) is 0 Å². The number of halogens is 1. The molecule has 3 nitrogen and oxygen atoms in total. The van der Waals surface area contributed by atoms with E-state index >= 15 is 0 Å². The van der Waals surface area contributed by atoms with Gasteiger partial charge in [-0.1, -0.05) is 60.1 Å². The number of nitrogens with zero attached hydrogens (tertiary/aromatic N) is 2. The second-order valence-corrected chi connectivity index (χ2v) is 6.88. The summed E-state index contributed by atoms with van der Waals surface area (Å²) < 4.78 is 3.50. The number of para-hydroxylation sites is 1. The van der Waals surface area contributed by atoms with Gasteiger partial charge in [0.25, 0.3) is 0 Å². The predicted octanol–water partition coefficient (Wildman–Crippen LogP) is 5.26. The van der Waals surface area contributed by atoms with Crippen molar-refractivity contribution >= 4 is 38.9 Å². The molecule has 0 fully saturated rings. The molecular weight excluding hydrogens is 344 g/mol. The maximum Gasteiger partial charge on any atom is 0.333 e. The summed E-state index contributed by atoms with van der Waals surface area (Å²) in [5, 5.41) is 2.68. The third-order valence-electron chi connectivity index (χ3n) is 4.99. The maximum atomic E-state index is 13.2. The van der Waals surface area contributed by atoms with Crippen LogP contribution in [0, 0.1) is 0 Å². The number of hydrogen-bond donors (Lipinski definition) is 0. The van der Waals surface area contributed by atoms with Gasteiger partial charge >= 0.3 is 5.69 Å². The van der Waals surface area contributed by atoms with Gasteiger partial charge in [0.15, 0.2) is 0 Å². The molecule has 0 saturated heterocycles. The van der Waals surface area contributed by atoms with Gasteiger partial charge in [-0.2, -0.15) is 0 Å². The van der Waals surface area contributed by atoms with Gasteiger partial charge in [0.1, 0.15) is 0 Å². The van der Waals surface area contributed by atoms with E-state index in [1.165, 1.54) is 0 Å². The minimum Gasteiger partial charge on any atom is -0.296 e. The molecule has 4 heteroatoms. The zero-order valence-electron chi connectivity index (χ0n) is 14.1. The van der Waals surface area contributed by atoms with E-state index in [-0.39, 0.29) is 5.69 Å². The molecule has 0 N–H and O–H groups in total. The van der Waals surface area contributed by atoms with E-state index in [1.54, 1.807) is 8.97 Å². The summed E-state index contributed by atoms with van der Waals surface area (Å²) in [6.07, 6.45) is 0. The fourth-order valence-corrected chi connectivity index (χ4v) is 4.01. The highest BCUT2D eigenvalue weighted by molar-refractivity contribution is 6.31. The smallest absolute Gasteiger partial charge is 0.296 e. The quantitative estimate of drug-likeness (QED) is 0.401. The Morgan fingerprint density at radius 2 is 1.54 bits per heavy atom. The van der Waals surface area contributed by atoms with Crippen molar-refractivity contribution in [3.63, 3.8) is 0 Å². The molecule has 5 aromatic rings. The van der Waals surface area contributed by atoms with Crippen molar-refractivity contribution in [3.05, 3.63) is 88.3 Å². The molecule has 0 aliphatic carbocycles. The van der Waals surface area contributed by atoms with Crippen LogP contribution in [-0.4, -0.2) is 8.97 Å². The largest absolute Gasteiger partial charge is 0.333 e. The fourth-order valence-electron chi connectivity index (χ4n) is 3.83. The number of aromatic nitrogens is 2. The highest BCUT2D eigenvalue weighted by atomic mass is 35.5. The lowest BCUT2D eigenvalue weighted by Gasteiger charge is -2.09. The normalized spacial score (nSPS) is 11.6. The summed E-state index contributed by atoms with van der Waals surface area (Å²) in [4.78, 5) is 13.2. The van der Waals surface area contributed by atoms with Crippen molar-refractivity contribution in [1.29, 1.82) is 0 Å². The van der Waals surface area contributed by atoms with Crippen LogP contribution in [0.25, 0.3) is 38.4 Å². The number of aryl methyl sites for hydroxylation is 1. The zero-order valence-corrected chi connectivity index (χ0v) is 14.9. The van der Waals surface area contributed by atoms with Crippen LogP contribution in [0.1, 0.15) is 0 Å². The van der Waals surface area contributed by atoms with Crippen molar-refractivity contribution in [2.75, 3.05) is 0 Å². The topological polar surface area (TPSA) is 26.4 Å². The van der Waals surface area contributed by atoms with Gasteiger partial charge in [0.2, 0.25) is 0 Å². The van der Waals surface area contributed by atoms with Crippen molar-refractivity contribution in [1.82, 2.24) is 8.97 Å². The van der Waals surface area contributed by atoms with E-state index in [0.29, 0.717) is 5.02 Å². The summed E-state index contributed by atoms with van der Waals surface area (Å²) in [5.74, 6) is 0. The first-order chi connectivity index (χ1) is 12.7. The standard InChI is InChI=1S/C22H15ClN2O/c1-24-18-10-6-5-9-16(18)21-20(14-7-3-2-4-8-14)17-13-15(23)11-12-19(17)25(21)22(24)26/h2-13H,1H3. The molecule has 0 aliphatic rings. The lowest BCUT2D eigenvalue weighted by atomic mass is 10.0. The van der Waals surface area contributed by atoms with Gasteiger partial charge < -0.3 is 0 Å². The lowest BCUT2D eigenvalue weighted by Crippen LogP contribution is -2.24. The van der Waals surface area contributed by atoms with E-state index in [0.717, 1.165) is 38.4 Å². The second-order valence-electron chi connectivity index (χ2n) is 6.45. The summed E-state index contributed by atoms with van der Waals surface area (Å²) in [6.45, 7) is 0. The number of fused-ring (bicyclic) bond motifs is 5. The highest BCUT2D eigenvalue weighted by Gasteiger charge is 2.19. The summed E-state index contributed by atoms with van der Waals surface area (Å²) in [7, 11) is 1.81. The Morgan fingerprint density at radius 3 is 2.35 bits per heavy atom. The third-order valence-corrected chi connectivity index (χ3v) is 5.23. The number of hydrogen-bond acceptors (Lipinski definition) is 1. The Balaban J connectivity index is 2.18. The molecule has 2 aromatic heterocycles. The summed E-state index contributed by atoms with van der Waals surface area (Å²) in [5.41, 5.74) is 4.75. The molecule has 0 atom stereocenters. The van der Waals surface area contributed by atoms with Crippen molar-refractivity contribution in [3.8, 4) is 11.1 Å². The average Bonchev–Trinajstić information content (AvgIpc) is 3.01. The molecule has 0 unspecified atom stereocenters. The second kappa shape index (κ2) is 5.48. The molecule has 0 aliphatic heterocycles. The molecule has 2 heterocycles. The molecule has 0 amide bonds. The van der Waals surface area contributed by atoms with Gasteiger partial charge in [-0.05, 0) is 29.8 Å². The van der Waals surface area contributed by atoms with E-state index in [2.05, 4.69) is 18.2 Å². The predicted molar refractivity (Wildman–Crippen MR) is 108 cm³/mol. The van der Waals surface area contributed by atoms with Gasteiger partial charge in [-0.3, -0.25) is 8.97 Å². The molecule has 26 heavy (non-hydrogen) atoms. The molecule has 0 spiro atoms. The third kappa shape index (κ3) is 1.98. The first-order valence-electron chi connectivity index (χ1n) is 8.43. The van der Waals surface area contributed by atoms with Crippen molar-refractivity contribution in [2.24, 2.45) is 7.05 Å². The van der Waals surface area contributed by atoms with Crippen LogP contribution in [-0.2, 0) is 7.05 Å². The van der Waals surface area contributed by atoms with Gasteiger partial charge in [-0.15, -0.1) is 0 Å². The fraction of sp³-hybridized carbons (Fsp3) is 0.0455. The Labute approximate surface area is 154 Å². The SMILES string of the molecule is Cn1c(=O)n2c3ccc(Cl)cc3c(-c3ccccc3)c2c2ccccc21. The summed E-state index contributed by atoms with van der Waals surface area (Å²) >= 11 is 6.30. The highest BCUT2D eigenvalue weighted by Crippen LogP contribution is 2.38. The first kappa shape index (κ1) is 15.2. The van der Waals surface area contributed by atoms with Crippen LogP contribution >= 0.6 is 11.6 Å².